The molecule has 1 aromatic rings. The summed E-state index contributed by atoms with van der Waals surface area (Å²) in [7, 11) is -1.12. The molecule has 2 saturated carbocycles. The maximum atomic E-state index is 12.6. The molecule has 0 aromatic carbocycles. The van der Waals surface area contributed by atoms with Crippen LogP contribution in [0, 0.1) is 23.7 Å². The third-order valence-corrected chi connectivity index (χ3v) is 9.56. The Morgan fingerprint density at radius 1 is 1.03 bits per heavy atom. The van der Waals surface area contributed by atoms with Gasteiger partial charge in [-0.05, 0) is 62.2 Å². The van der Waals surface area contributed by atoms with E-state index in [0.29, 0.717) is 44.2 Å². The molecule has 1 aliphatic heterocycles. The zero-order valence-corrected chi connectivity index (χ0v) is 21.7. The number of urea groups is 1. The number of rotatable bonds is 8. The number of nitrogens with one attached hydrogen (secondary N) is 3. The van der Waals surface area contributed by atoms with Crippen LogP contribution < -0.4 is 26.6 Å². The Labute approximate surface area is 210 Å². The summed E-state index contributed by atoms with van der Waals surface area (Å²) >= 11 is 0. The molecular formula is C23H36N6O6S. The van der Waals surface area contributed by atoms with E-state index >= 15 is 0 Å². The number of carbonyl (C=O) groups excluding carboxylic acids is 2. The number of hydrogen-bond acceptors (Lipinski definition) is 6. The summed E-state index contributed by atoms with van der Waals surface area (Å²) in [5, 5.41) is 5.45. The Hall–Kier alpha value is -2.67. The lowest BCUT2D eigenvalue weighted by Crippen LogP contribution is -2.50. The molecule has 12 nitrogen and oxygen atoms in total. The van der Waals surface area contributed by atoms with E-state index in [0.717, 1.165) is 16.9 Å². The van der Waals surface area contributed by atoms with Crippen LogP contribution in [-0.2, 0) is 24.3 Å². The van der Waals surface area contributed by atoms with E-state index < -0.39 is 33.4 Å². The van der Waals surface area contributed by atoms with Gasteiger partial charge >= 0.3 is 21.9 Å². The summed E-state index contributed by atoms with van der Waals surface area (Å²) in [5.74, 6) is 1.52. The van der Waals surface area contributed by atoms with Crippen LogP contribution >= 0.6 is 0 Å². The molecule has 2 bridgehead atoms. The molecule has 3 N–H and O–H groups in total. The van der Waals surface area contributed by atoms with Crippen LogP contribution in [0.15, 0.2) is 15.8 Å². The summed E-state index contributed by atoms with van der Waals surface area (Å²) in [6.07, 6.45) is 7.90. The van der Waals surface area contributed by atoms with E-state index in [4.69, 9.17) is 0 Å². The van der Waals surface area contributed by atoms with Crippen molar-refractivity contribution in [1.29, 1.82) is 0 Å². The topological polar surface area (TPSA) is 152 Å². The molecule has 1 aromatic heterocycles. The molecule has 4 rings (SSSR count). The predicted octanol–water partition coefficient (Wildman–Crippen LogP) is -0.104. The van der Waals surface area contributed by atoms with Gasteiger partial charge in [-0.3, -0.25) is 14.2 Å². The van der Waals surface area contributed by atoms with Gasteiger partial charge in [-0.25, -0.2) is 14.3 Å². The molecule has 3 fully saturated rings. The second kappa shape index (κ2) is 10.8. The highest BCUT2D eigenvalue weighted by atomic mass is 32.2. The molecule has 13 heteroatoms. The normalized spacial score (nSPS) is 24.6. The van der Waals surface area contributed by atoms with Gasteiger partial charge in [0.2, 0.25) is 0 Å². The van der Waals surface area contributed by atoms with Crippen molar-refractivity contribution in [3.63, 3.8) is 0 Å². The summed E-state index contributed by atoms with van der Waals surface area (Å²) in [6.45, 7) is 1.41. The smallest absolute Gasteiger partial charge is 0.330 e. The van der Waals surface area contributed by atoms with Gasteiger partial charge in [-0.1, -0.05) is 6.42 Å². The Kier molecular flexibility index (Phi) is 7.88. The fourth-order valence-electron chi connectivity index (χ4n) is 5.96. The first-order valence-corrected chi connectivity index (χ1v) is 14.1. The molecule has 1 saturated heterocycles. The van der Waals surface area contributed by atoms with Gasteiger partial charge in [0.1, 0.15) is 5.56 Å². The number of fused-ring (bicyclic) bond motifs is 2. The summed E-state index contributed by atoms with van der Waals surface area (Å²) in [5.41, 5.74) is -1.27. The maximum absolute atomic E-state index is 12.6. The van der Waals surface area contributed by atoms with E-state index in [9.17, 15) is 27.6 Å². The SMILES string of the molecule is Cn1cc(C(=O)NCCC2CCN(S(=O)(=O)NC(=O)NCC3CC4CCC3C4)CC2)c(=O)n(C)c1=O. The number of piperidine rings is 1. The zero-order valence-electron chi connectivity index (χ0n) is 20.9. The predicted molar refractivity (Wildman–Crippen MR) is 133 cm³/mol. The first-order chi connectivity index (χ1) is 17.0. The second-order valence-electron chi connectivity index (χ2n) is 10.4. The highest BCUT2D eigenvalue weighted by Crippen LogP contribution is 2.47. The van der Waals surface area contributed by atoms with Crippen molar-refractivity contribution in [3.05, 3.63) is 32.6 Å². The summed E-state index contributed by atoms with van der Waals surface area (Å²) in [4.78, 5) is 48.6. The van der Waals surface area contributed by atoms with Crippen LogP contribution in [0.1, 0.15) is 55.3 Å². The van der Waals surface area contributed by atoms with Crippen molar-refractivity contribution >= 4 is 22.1 Å². The Morgan fingerprint density at radius 2 is 1.75 bits per heavy atom. The first kappa shape index (κ1) is 26.4. The Morgan fingerprint density at radius 3 is 2.39 bits per heavy atom. The molecule has 3 unspecified atom stereocenters. The van der Waals surface area contributed by atoms with Crippen LogP contribution in [0.2, 0.25) is 0 Å². The largest absolute Gasteiger partial charge is 0.352 e. The lowest BCUT2D eigenvalue weighted by Gasteiger charge is -2.31. The minimum Gasteiger partial charge on any atom is -0.352 e. The van der Waals surface area contributed by atoms with Crippen LogP contribution in [0.4, 0.5) is 4.79 Å². The highest BCUT2D eigenvalue weighted by molar-refractivity contribution is 7.87. The van der Waals surface area contributed by atoms with Crippen molar-refractivity contribution < 1.29 is 18.0 Å². The number of aryl methyl sites for hydroxylation is 1. The fourth-order valence-corrected chi connectivity index (χ4v) is 7.08. The monoisotopic (exact) mass is 524 g/mol. The standard InChI is InChI=1S/C23H36N6O6S/c1-27-14-19(21(31)28(2)23(27)33)20(30)24-8-5-15-6-9-29(10-7-15)36(34,35)26-22(32)25-13-18-12-16-3-4-17(18)11-16/h14-18H,3-13H2,1-2H3,(H,24,30)(H2,25,26,32). The van der Waals surface area contributed by atoms with Gasteiger partial charge in [0.05, 0.1) is 0 Å². The molecule has 2 aliphatic carbocycles. The van der Waals surface area contributed by atoms with E-state index in [1.165, 1.54) is 48.4 Å². The third-order valence-electron chi connectivity index (χ3n) is 8.07. The van der Waals surface area contributed by atoms with Crippen molar-refractivity contribution in [3.8, 4) is 0 Å². The number of carbonyl (C=O) groups is 2. The van der Waals surface area contributed by atoms with Gasteiger partial charge in [-0.2, -0.15) is 12.7 Å². The van der Waals surface area contributed by atoms with Crippen molar-refractivity contribution in [2.75, 3.05) is 26.2 Å². The van der Waals surface area contributed by atoms with Gasteiger partial charge in [0.25, 0.3) is 11.5 Å². The molecule has 36 heavy (non-hydrogen) atoms. The molecule has 3 aliphatic rings. The van der Waals surface area contributed by atoms with Crippen LogP contribution in [0.3, 0.4) is 0 Å². The first-order valence-electron chi connectivity index (χ1n) is 12.7. The quantitative estimate of drug-likeness (QED) is 0.432. The highest BCUT2D eigenvalue weighted by Gasteiger charge is 2.39. The van der Waals surface area contributed by atoms with E-state index in [-0.39, 0.29) is 24.6 Å². The van der Waals surface area contributed by atoms with Gasteiger partial charge in [-0.15, -0.1) is 0 Å². The van der Waals surface area contributed by atoms with E-state index in [2.05, 4.69) is 15.4 Å². The molecule has 3 atom stereocenters. The molecular weight excluding hydrogens is 488 g/mol. The van der Waals surface area contributed by atoms with Gasteiger partial charge in [0, 0.05) is 46.5 Å². The minimum atomic E-state index is -3.91. The number of amides is 3. The molecule has 200 valence electrons. The second-order valence-corrected chi connectivity index (χ2v) is 12.1. The number of nitrogens with zero attached hydrogens (tertiary/aromatic N) is 3. The number of aromatic nitrogens is 2. The molecule has 0 spiro atoms. The lowest BCUT2D eigenvalue weighted by atomic mass is 9.89. The van der Waals surface area contributed by atoms with E-state index in [1.54, 1.807) is 0 Å². The minimum absolute atomic E-state index is 0.106. The fraction of sp³-hybridized carbons (Fsp3) is 0.739. The summed E-state index contributed by atoms with van der Waals surface area (Å²) in [6, 6.07) is -0.674. The van der Waals surface area contributed by atoms with Gasteiger partial charge < -0.3 is 15.2 Å². The summed E-state index contributed by atoms with van der Waals surface area (Å²) < 4.78 is 30.8. The Balaban J connectivity index is 1.17. The Bertz CT molecular complexity index is 1220. The average molecular weight is 525 g/mol. The van der Waals surface area contributed by atoms with Crippen LogP contribution in [0.25, 0.3) is 0 Å². The van der Waals surface area contributed by atoms with Crippen molar-refractivity contribution in [2.45, 2.75) is 44.9 Å². The van der Waals surface area contributed by atoms with E-state index in [1.807, 2.05) is 0 Å². The zero-order chi connectivity index (χ0) is 26.0. The van der Waals surface area contributed by atoms with Crippen LogP contribution in [-0.4, -0.2) is 60.0 Å². The molecule has 3 amide bonds. The maximum Gasteiger partial charge on any atom is 0.330 e. The van der Waals surface area contributed by atoms with Crippen LogP contribution in [0.5, 0.6) is 0 Å². The molecule has 2 heterocycles. The number of hydrogen-bond donors (Lipinski definition) is 3. The average Bonchev–Trinajstić information content (AvgIpc) is 3.47. The van der Waals surface area contributed by atoms with Crippen molar-refractivity contribution in [1.82, 2.24) is 28.8 Å². The third kappa shape index (κ3) is 5.83. The molecule has 0 radical (unpaired) electrons. The van der Waals surface area contributed by atoms with Gasteiger partial charge in [0.15, 0.2) is 0 Å². The lowest BCUT2D eigenvalue weighted by molar-refractivity contribution is 0.0946. The van der Waals surface area contributed by atoms with Crippen molar-refractivity contribution in [2.24, 2.45) is 37.8 Å².